The van der Waals surface area contributed by atoms with E-state index < -0.39 is 0 Å². The van der Waals surface area contributed by atoms with Crippen LogP contribution in [-0.4, -0.2) is 0 Å². The lowest BCUT2D eigenvalue weighted by atomic mass is 10.0. The Morgan fingerprint density at radius 3 is 2.64 bits per heavy atom. The number of aryl methyl sites for hydroxylation is 2. The zero-order chi connectivity index (χ0) is 10.4. The van der Waals surface area contributed by atoms with E-state index in [1.165, 1.54) is 16.7 Å². The summed E-state index contributed by atoms with van der Waals surface area (Å²) >= 11 is 0. The molecule has 0 fully saturated rings. The molecular formula is C14H18. The van der Waals surface area contributed by atoms with Crippen LogP contribution in [0.3, 0.4) is 0 Å². The standard InChI is InChI=1S/C14H18/c1-4-6-7-8-14-10-9-12(3)11-13(14)5-2/h4,6-11H,5H2,1-3H3/b6-4+,8-7+. The van der Waals surface area contributed by atoms with Crippen molar-refractivity contribution >= 4 is 6.08 Å². The lowest BCUT2D eigenvalue weighted by Gasteiger charge is -2.03. The highest BCUT2D eigenvalue weighted by Gasteiger charge is 1.96. The predicted octanol–water partition coefficient (Wildman–Crippen LogP) is 4.15. The van der Waals surface area contributed by atoms with Gasteiger partial charge >= 0.3 is 0 Å². The molecule has 1 rings (SSSR count). The second-order valence-electron chi connectivity index (χ2n) is 3.44. The molecule has 0 nitrogen and oxygen atoms in total. The Morgan fingerprint density at radius 2 is 2.00 bits per heavy atom. The van der Waals surface area contributed by atoms with E-state index in [1.54, 1.807) is 0 Å². The largest absolute Gasteiger partial charge is 0.0877 e. The van der Waals surface area contributed by atoms with Crippen molar-refractivity contribution in [3.8, 4) is 0 Å². The van der Waals surface area contributed by atoms with Gasteiger partial charge in [-0.05, 0) is 31.4 Å². The van der Waals surface area contributed by atoms with Gasteiger partial charge in [0.1, 0.15) is 0 Å². The number of hydrogen-bond donors (Lipinski definition) is 0. The highest BCUT2D eigenvalue weighted by molar-refractivity contribution is 5.56. The molecule has 0 aromatic heterocycles. The SMILES string of the molecule is C/C=C/C=C/c1ccc(C)cc1CC. The minimum absolute atomic E-state index is 1.09. The van der Waals surface area contributed by atoms with Gasteiger partial charge in [0.05, 0.1) is 0 Å². The van der Waals surface area contributed by atoms with E-state index in [-0.39, 0.29) is 0 Å². The van der Waals surface area contributed by atoms with Crippen LogP contribution in [0.25, 0.3) is 6.08 Å². The van der Waals surface area contributed by atoms with Gasteiger partial charge in [-0.15, -0.1) is 0 Å². The predicted molar refractivity (Wildman–Crippen MR) is 64.4 cm³/mol. The van der Waals surface area contributed by atoms with Gasteiger partial charge in [-0.3, -0.25) is 0 Å². The quantitative estimate of drug-likeness (QED) is 0.622. The van der Waals surface area contributed by atoms with Crippen LogP contribution in [0.15, 0.2) is 36.4 Å². The average Bonchev–Trinajstić information content (AvgIpc) is 2.20. The first-order valence-electron chi connectivity index (χ1n) is 5.16. The summed E-state index contributed by atoms with van der Waals surface area (Å²) in [6, 6.07) is 6.61. The number of hydrogen-bond acceptors (Lipinski definition) is 0. The van der Waals surface area contributed by atoms with Crippen molar-refractivity contribution < 1.29 is 0 Å². The highest BCUT2D eigenvalue weighted by Crippen LogP contribution is 2.14. The number of allylic oxidation sites excluding steroid dienone is 3. The molecule has 0 unspecified atom stereocenters. The lowest BCUT2D eigenvalue weighted by molar-refractivity contribution is 1.12. The first-order valence-corrected chi connectivity index (χ1v) is 5.16. The Kier molecular flexibility index (Phi) is 4.18. The van der Waals surface area contributed by atoms with E-state index in [4.69, 9.17) is 0 Å². The maximum Gasteiger partial charge on any atom is -0.0224 e. The van der Waals surface area contributed by atoms with Crippen molar-refractivity contribution in [3.63, 3.8) is 0 Å². The van der Waals surface area contributed by atoms with Crippen molar-refractivity contribution in [2.75, 3.05) is 0 Å². The molecule has 0 saturated heterocycles. The Hall–Kier alpha value is -1.30. The van der Waals surface area contributed by atoms with Crippen molar-refractivity contribution in [3.05, 3.63) is 53.1 Å². The van der Waals surface area contributed by atoms with Crippen LogP contribution in [0.2, 0.25) is 0 Å². The maximum atomic E-state index is 2.26. The summed E-state index contributed by atoms with van der Waals surface area (Å²) in [6.07, 6.45) is 9.44. The lowest BCUT2D eigenvalue weighted by Crippen LogP contribution is -1.86. The van der Waals surface area contributed by atoms with E-state index in [0.29, 0.717) is 0 Å². The molecule has 0 amide bonds. The van der Waals surface area contributed by atoms with Gasteiger partial charge in [0.2, 0.25) is 0 Å². The van der Waals surface area contributed by atoms with Crippen LogP contribution in [0, 0.1) is 6.92 Å². The van der Waals surface area contributed by atoms with E-state index in [1.807, 2.05) is 13.0 Å². The van der Waals surface area contributed by atoms with Gasteiger partial charge in [-0.25, -0.2) is 0 Å². The first kappa shape index (κ1) is 10.8. The van der Waals surface area contributed by atoms with Crippen LogP contribution >= 0.6 is 0 Å². The number of benzene rings is 1. The Labute approximate surface area is 87.0 Å². The molecule has 14 heavy (non-hydrogen) atoms. The summed E-state index contributed by atoms with van der Waals surface area (Å²) in [6.45, 7) is 6.36. The summed E-state index contributed by atoms with van der Waals surface area (Å²) in [5.74, 6) is 0. The molecule has 74 valence electrons. The van der Waals surface area contributed by atoms with Gasteiger partial charge < -0.3 is 0 Å². The van der Waals surface area contributed by atoms with Gasteiger partial charge in [0.25, 0.3) is 0 Å². The zero-order valence-electron chi connectivity index (χ0n) is 9.25. The molecule has 0 N–H and O–H groups in total. The Bertz CT molecular complexity index is 343. The summed E-state index contributed by atoms with van der Waals surface area (Å²) in [7, 11) is 0. The second kappa shape index (κ2) is 5.43. The van der Waals surface area contributed by atoms with Crippen molar-refractivity contribution in [1.29, 1.82) is 0 Å². The molecule has 0 spiro atoms. The molecule has 0 heteroatoms. The molecule has 1 aromatic carbocycles. The van der Waals surface area contributed by atoms with E-state index >= 15 is 0 Å². The molecule has 0 heterocycles. The third kappa shape index (κ3) is 2.88. The Balaban J connectivity index is 2.96. The molecule has 0 bridgehead atoms. The van der Waals surface area contributed by atoms with E-state index in [9.17, 15) is 0 Å². The van der Waals surface area contributed by atoms with Crippen LogP contribution < -0.4 is 0 Å². The smallest absolute Gasteiger partial charge is 0.0224 e. The summed E-state index contributed by atoms with van der Waals surface area (Å²) in [5, 5.41) is 0. The monoisotopic (exact) mass is 186 g/mol. The fraction of sp³-hybridized carbons (Fsp3) is 0.286. The highest BCUT2D eigenvalue weighted by atomic mass is 14.0. The average molecular weight is 186 g/mol. The minimum atomic E-state index is 1.09. The summed E-state index contributed by atoms with van der Waals surface area (Å²) in [4.78, 5) is 0. The first-order chi connectivity index (χ1) is 6.77. The van der Waals surface area contributed by atoms with Crippen molar-refractivity contribution in [2.45, 2.75) is 27.2 Å². The molecule has 0 atom stereocenters. The van der Waals surface area contributed by atoms with E-state index in [0.717, 1.165) is 6.42 Å². The number of rotatable bonds is 3. The van der Waals surface area contributed by atoms with Gasteiger partial charge in [-0.1, -0.05) is 55.0 Å². The maximum absolute atomic E-state index is 2.26. The second-order valence-corrected chi connectivity index (χ2v) is 3.44. The fourth-order valence-electron chi connectivity index (χ4n) is 1.47. The molecule has 0 aliphatic rings. The van der Waals surface area contributed by atoms with Crippen molar-refractivity contribution in [2.24, 2.45) is 0 Å². The molecule has 1 aromatic rings. The van der Waals surface area contributed by atoms with E-state index in [2.05, 4.69) is 50.3 Å². The molecular weight excluding hydrogens is 168 g/mol. The summed E-state index contributed by atoms with van der Waals surface area (Å²) in [5.41, 5.74) is 4.09. The Morgan fingerprint density at radius 1 is 1.21 bits per heavy atom. The van der Waals surface area contributed by atoms with Gasteiger partial charge in [0, 0.05) is 0 Å². The summed E-state index contributed by atoms with van der Waals surface area (Å²) < 4.78 is 0. The zero-order valence-corrected chi connectivity index (χ0v) is 9.25. The third-order valence-electron chi connectivity index (χ3n) is 2.26. The molecule has 0 aliphatic heterocycles. The molecule has 0 aliphatic carbocycles. The van der Waals surface area contributed by atoms with Crippen LogP contribution in [0.5, 0.6) is 0 Å². The topological polar surface area (TPSA) is 0 Å². The fourth-order valence-corrected chi connectivity index (χ4v) is 1.47. The van der Waals surface area contributed by atoms with Crippen molar-refractivity contribution in [1.82, 2.24) is 0 Å². The van der Waals surface area contributed by atoms with Gasteiger partial charge in [0.15, 0.2) is 0 Å². The van der Waals surface area contributed by atoms with Crippen LogP contribution in [0.1, 0.15) is 30.5 Å². The third-order valence-corrected chi connectivity index (χ3v) is 2.26. The minimum Gasteiger partial charge on any atom is -0.0877 e. The molecule has 0 saturated carbocycles. The van der Waals surface area contributed by atoms with Gasteiger partial charge in [-0.2, -0.15) is 0 Å². The molecule has 0 radical (unpaired) electrons. The normalized spacial score (nSPS) is 11.6. The van der Waals surface area contributed by atoms with Crippen LogP contribution in [0.4, 0.5) is 0 Å². The van der Waals surface area contributed by atoms with Crippen LogP contribution in [-0.2, 0) is 6.42 Å².